The quantitative estimate of drug-likeness (QED) is 0.158. The topological polar surface area (TPSA) is 28.0 Å². The highest BCUT2D eigenvalue weighted by Crippen LogP contribution is 2.50. The highest BCUT2D eigenvalue weighted by molar-refractivity contribution is 6.12. The van der Waals surface area contributed by atoms with Gasteiger partial charge in [0.2, 0.25) is 0 Å². The van der Waals surface area contributed by atoms with E-state index in [1.165, 1.54) is 50.3 Å². The van der Waals surface area contributed by atoms with E-state index >= 15 is 0 Å². The van der Waals surface area contributed by atoms with Crippen LogP contribution in [0.3, 0.4) is 0 Å². The first-order valence-electron chi connectivity index (χ1n) is 16.9. The normalized spacial score (nSPS) is 20.2. The lowest BCUT2D eigenvalue weighted by Crippen LogP contribution is -2.32. The van der Waals surface area contributed by atoms with E-state index in [1.807, 2.05) is 6.07 Å². The maximum absolute atomic E-state index is 5.07. The van der Waals surface area contributed by atoms with Crippen LogP contribution in [0.2, 0.25) is 0 Å². The molecule has 230 valence electrons. The van der Waals surface area contributed by atoms with Crippen molar-refractivity contribution in [1.29, 1.82) is 0 Å². The molecule has 1 heterocycles. The number of nitrogens with zero attached hydrogens (tertiary/aromatic N) is 3. The molecule has 0 radical (unpaired) electrons. The highest BCUT2D eigenvalue weighted by atomic mass is 15.2. The Balaban J connectivity index is 1.10. The zero-order chi connectivity index (χ0) is 31.6. The Morgan fingerprint density at radius 1 is 0.787 bits per heavy atom. The number of rotatable bonds is 6. The molecule has 0 saturated heterocycles. The van der Waals surface area contributed by atoms with Crippen LogP contribution in [0.25, 0.3) is 16.7 Å². The second kappa shape index (κ2) is 12.8. The van der Waals surface area contributed by atoms with Gasteiger partial charge in [0.15, 0.2) is 5.84 Å². The molecule has 3 heteroatoms. The summed E-state index contributed by atoms with van der Waals surface area (Å²) < 4.78 is 0. The third-order valence-electron chi connectivity index (χ3n) is 9.82. The number of fused-ring (bicyclic) bond motifs is 4. The van der Waals surface area contributed by atoms with Crippen molar-refractivity contribution in [3.63, 3.8) is 0 Å². The summed E-state index contributed by atoms with van der Waals surface area (Å²) in [4.78, 5) is 12.7. The number of para-hydroxylation sites is 1. The van der Waals surface area contributed by atoms with Crippen LogP contribution in [-0.4, -0.2) is 17.6 Å². The number of hydrogen-bond acceptors (Lipinski definition) is 2. The number of benzene rings is 4. The summed E-state index contributed by atoms with van der Waals surface area (Å²) in [5.41, 5.74) is 14.0. The van der Waals surface area contributed by atoms with Crippen molar-refractivity contribution in [2.45, 2.75) is 45.2 Å². The van der Waals surface area contributed by atoms with Crippen LogP contribution >= 0.6 is 0 Å². The van der Waals surface area contributed by atoms with Gasteiger partial charge in [-0.05, 0) is 83.7 Å². The lowest BCUT2D eigenvalue weighted by atomic mass is 9.80. The van der Waals surface area contributed by atoms with Crippen LogP contribution in [0.5, 0.6) is 0 Å². The maximum Gasteiger partial charge on any atom is 0.155 e. The van der Waals surface area contributed by atoms with Gasteiger partial charge in [0, 0.05) is 28.6 Å². The summed E-state index contributed by atoms with van der Waals surface area (Å²) >= 11 is 0. The number of amidine groups is 1. The molecule has 0 aromatic heterocycles. The van der Waals surface area contributed by atoms with Gasteiger partial charge >= 0.3 is 0 Å². The lowest BCUT2D eigenvalue weighted by molar-refractivity contribution is 0.699. The third kappa shape index (κ3) is 5.79. The molecule has 0 bridgehead atoms. The summed E-state index contributed by atoms with van der Waals surface area (Å²) in [7, 11) is 0. The average molecular weight is 610 g/mol. The molecular formula is C44H39N3. The summed E-state index contributed by atoms with van der Waals surface area (Å²) in [6.07, 6.45) is 20.1. The monoisotopic (exact) mass is 609 g/mol. The van der Waals surface area contributed by atoms with Gasteiger partial charge in [0.25, 0.3) is 0 Å². The molecule has 2 unspecified atom stereocenters. The smallest absolute Gasteiger partial charge is 0.155 e. The predicted octanol–water partition coefficient (Wildman–Crippen LogP) is 10.3. The minimum Gasteiger partial charge on any atom is -0.337 e. The summed E-state index contributed by atoms with van der Waals surface area (Å²) in [6, 6.07) is 37.6. The van der Waals surface area contributed by atoms with Crippen LogP contribution in [0.4, 0.5) is 5.69 Å². The molecule has 0 spiro atoms. The molecule has 0 saturated carbocycles. The van der Waals surface area contributed by atoms with Gasteiger partial charge in [-0.3, -0.25) is 4.99 Å². The first kappa shape index (κ1) is 29.1. The summed E-state index contributed by atoms with van der Waals surface area (Å²) in [6.45, 7) is 2.69. The van der Waals surface area contributed by atoms with Crippen molar-refractivity contribution in [2.24, 2.45) is 15.9 Å². The molecule has 1 aliphatic heterocycles. The lowest BCUT2D eigenvalue weighted by Gasteiger charge is -2.31. The van der Waals surface area contributed by atoms with Crippen molar-refractivity contribution in [3.8, 4) is 11.1 Å². The molecule has 3 aliphatic carbocycles. The first-order valence-corrected chi connectivity index (χ1v) is 16.9. The second-order valence-corrected chi connectivity index (χ2v) is 12.8. The molecule has 4 aromatic carbocycles. The van der Waals surface area contributed by atoms with Gasteiger partial charge in [0.05, 0.1) is 12.6 Å². The largest absolute Gasteiger partial charge is 0.337 e. The summed E-state index contributed by atoms with van der Waals surface area (Å²) in [5, 5.41) is 0. The highest BCUT2D eigenvalue weighted by Gasteiger charge is 2.41. The predicted molar refractivity (Wildman–Crippen MR) is 198 cm³/mol. The van der Waals surface area contributed by atoms with E-state index in [1.54, 1.807) is 0 Å². The van der Waals surface area contributed by atoms with E-state index in [9.17, 15) is 0 Å². The molecule has 2 atom stereocenters. The van der Waals surface area contributed by atoms with E-state index in [-0.39, 0.29) is 0 Å². The molecule has 0 amide bonds. The zero-order valence-electron chi connectivity index (χ0n) is 26.9. The molecule has 0 N–H and O–H groups in total. The molecule has 8 rings (SSSR count). The van der Waals surface area contributed by atoms with Crippen molar-refractivity contribution in [3.05, 3.63) is 179 Å². The Kier molecular flexibility index (Phi) is 7.97. The molecule has 3 nitrogen and oxygen atoms in total. The first-order chi connectivity index (χ1) is 23.2. The van der Waals surface area contributed by atoms with Gasteiger partial charge in [0.1, 0.15) is 0 Å². The van der Waals surface area contributed by atoms with Gasteiger partial charge in [-0.1, -0.05) is 134 Å². The SMILES string of the molecule is CC(=NC(=NCc1ccccc1)c1ccc(-c2ccc3c(c2)CCC2=C3C3C=CC=CC3N2c2ccccc2)cc1)C1=CCCC=C1. The van der Waals surface area contributed by atoms with E-state index in [0.29, 0.717) is 18.5 Å². The Labute approximate surface area is 278 Å². The minimum absolute atomic E-state index is 0.333. The van der Waals surface area contributed by atoms with Gasteiger partial charge in [-0.25, -0.2) is 4.99 Å². The van der Waals surface area contributed by atoms with E-state index in [2.05, 4.69) is 151 Å². The number of aryl methyl sites for hydroxylation is 1. The second-order valence-electron chi connectivity index (χ2n) is 12.8. The Bertz CT molecular complexity index is 2000. The number of aliphatic imine (C=N–C) groups is 2. The third-order valence-corrected chi connectivity index (χ3v) is 9.82. The van der Waals surface area contributed by atoms with Crippen LogP contribution in [-0.2, 0) is 13.0 Å². The van der Waals surface area contributed by atoms with Crippen molar-refractivity contribution >= 4 is 22.8 Å². The minimum atomic E-state index is 0.333. The van der Waals surface area contributed by atoms with Gasteiger partial charge < -0.3 is 4.90 Å². The number of allylic oxidation sites excluding steroid dienone is 7. The van der Waals surface area contributed by atoms with Crippen LogP contribution in [0.15, 0.2) is 167 Å². The van der Waals surface area contributed by atoms with Crippen LogP contribution in [0, 0.1) is 5.92 Å². The molecule has 4 aromatic rings. The van der Waals surface area contributed by atoms with Crippen molar-refractivity contribution in [2.75, 3.05) is 4.90 Å². The molecular weight excluding hydrogens is 571 g/mol. The number of anilines is 1. The van der Waals surface area contributed by atoms with E-state index in [0.717, 1.165) is 42.8 Å². The van der Waals surface area contributed by atoms with Crippen molar-refractivity contribution in [1.82, 2.24) is 0 Å². The molecule has 47 heavy (non-hydrogen) atoms. The molecule has 0 fully saturated rings. The number of hydrogen-bond donors (Lipinski definition) is 0. The van der Waals surface area contributed by atoms with Gasteiger partial charge in [-0.15, -0.1) is 0 Å². The fraction of sp³-hybridized carbons (Fsp3) is 0.182. The van der Waals surface area contributed by atoms with E-state index < -0.39 is 0 Å². The standard InChI is InChI=1S/C44H39N3/c1-31(33-15-7-3-8-16-33)46-44(45-30-32-13-5-2-6-14-32)35-23-21-34(22-24-35)36-25-27-39-37(29-36)26-28-42-43(39)40-19-11-12-20-41(40)47(42)38-17-9-4-10-18-38/h2,4-7,9-25,27,29,40-41H,3,8,26,28,30H2,1H3. The maximum atomic E-state index is 5.07. The Morgan fingerprint density at radius 2 is 1.55 bits per heavy atom. The van der Waals surface area contributed by atoms with Gasteiger partial charge in [-0.2, -0.15) is 0 Å². The average Bonchev–Trinajstić information content (AvgIpc) is 3.49. The Morgan fingerprint density at radius 3 is 2.34 bits per heavy atom. The van der Waals surface area contributed by atoms with E-state index in [4.69, 9.17) is 9.98 Å². The van der Waals surface area contributed by atoms with Crippen molar-refractivity contribution < 1.29 is 0 Å². The Hall–Kier alpha value is -5.28. The van der Waals surface area contributed by atoms with Crippen LogP contribution in [0.1, 0.15) is 48.4 Å². The summed E-state index contributed by atoms with van der Waals surface area (Å²) in [5.74, 6) is 1.15. The fourth-order valence-corrected chi connectivity index (χ4v) is 7.47. The van der Waals surface area contributed by atoms with Crippen LogP contribution < -0.4 is 4.90 Å². The fourth-order valence-electron chi connectivity index (χ4n) is 7.47. The molecule has 4 aliphatic rings. The zero-order valence-corrected chi connectivity index (χ0v) is 26.9.